The van der Waals surface area contributed by atoms with Crippen LogP contribution in [0, 0.1) is 0 Å². The van der Waals surface area contributed by atoms with Crippen LogP contribution >= 0.6 is 15.9 Å². The largest absolute Gasteiger partial charge is 0.443 e. The van der Waals surface area contributed by atoms with E-state index >= 15 is 0 Å². The molecular weight excluding hydrogens is 274 g/mol. The summed E-state index contributed by atoms with van der Waals surface area (Å²) >= 11 is 3.25. The molecule has 6 heteroatoms. The number of carbonyl (C=O) groups excluding carboxylic acids is 1. The van der Waals surface area contributed by atoms with E-state index < -0.39 is 11.7 Å². The fraction of sp³-hybridized carbons (Fsp3) is 0.600. The van der Waals surface area contributed by atoms with Gasteiger partial charge in [-0.2, -0.15) is 5.10 Å². The van der Waals surface area contributed by atoms with Crippen molar-refractivity contribution in [2.24, 2.45) is 7.05 Å². The highest BCUT2D eigenvalue weighted by Gasteiger charge is 2.22. The van der Waals surface area contributed by atoms with Crippen molar-refractivity contribution in [3.63, 3.8) is 0 Å². The van der Waals surface area contributed by atoms with E-state index in [1.165, 1.54) is 4.90 Å². The minimum absolute atomic E-state index is 0.400. The third-order valence-electron chi connectivity index (χ3n) is 1.84. The van der Waals surface area contributed by atoms with Crippen LogP contribution in [0.5, 0.6) is 0 Å². The van der Waals surface area contributed by atoms with Crippen molar-refractivity contribution < 1.29 is 9.53 Å². The van der Waals surface area contributed by atoms with Crippen LogP contribution in [0.25, 0.3) is 0 Å². The maximum atomic E-state index is 11.8. The van der Waals surface area contributed by atoms with Crippen molar-refractivity contribution in [3.8, 4) is 0 Å². The molecule has 1 aromatic rings. The van der Waals surface area contributed by atoms with Gasteiger partial charge in [-0.1, -0.05) is 0 Å². The van der Waals surface area contributed by atoms with Gasteiger partial charge in [-0.25, -0.2) is 4.79 Å². The number of aryl methyl sites for hydroxylation is 1. The number of carbonyl (C=O) groups is 1. The second-order valence-electron chi connectivity index (χ2n) is 4.49. The molecule has 1 aromatic heterocycles. The topological polar surface area (TPSA) is 47.4 Å². The number of anilines is 1. The van der Waals surface area contributed by atoms with Crippen molar-refractivity contribution >= 4 is 27.8 Å². The average molecular weight is 290 g/mol. The van der Waals surface area contributed by atoms with Gasteiger partial charge in [0.2, 0.25) is 0 Å². The van der Waals surface area contributed by atoms with Gasteiger partial charge in [0.15, 0.2) is 0 Å². The third-order valence-corrected chi connectivity index (χ3v) is 2.22. The van der Waals surface area contributed by atoms with Crippen LogP contribution < -0.4 is 4.90 Å². The summed E-state index contributed by atoms with van der Waals surface area (Å²) in [4.78, 5) is 13.2. The van der Waals surface area contributed by atoms with E-state index in [1.54, 1.807) is 24.8 Å². The molecule has 0 aliphatic heterocycles. The Morgan fingerprint density at radius 3 is 2.50 bits per heavy atom. The first-order valence-electron chi connectivity index (χ1n) is 4.87. The first kappa shape index (κ1) is 13.0. The molecule has 0 spiro atoms. The summed E-state index contributed by atoms with van der Waals surface area (Å²) in [7, 11) is 3.42. The maximum Gasteiger partial charge on any atom is 0.415 e. The molecule has 0 aliphatic rings. The minimum atomic E-state index is -0.499. The molecule has 1 amide bonds. The van der Waals surface area contributed by atoms with Gasteiger partial charge in [0.05, 0.1) is 0 Å². The van der Waals surface area contributed by atoms with Crippen LogP contribution in [-0.2, 0) is 11.8 Å². The molecular formula is C10H16BrN3O2. The SMILES string of the molecule is CN(C(=O)OC(C)(C)C)c1cc(Br)nn1C. The molecule has 0 bridgehead atoms. The summed E-state index contributed by atoms with van der Waals surface area (Å²) in [6, 6.07) is 1.75. The summed E-state index contributed by atoms with van der Waals surface area (Å²) in [5.41, 5.74) is -0.499. The van der Waals surface area contributed by atoms with E-state index in [9.17, 15) is 4.79 Å². The Labute approximate surface area is 103 Å². The lowest BCUT2D eigenvalue weighted by molar-refractivity contribution is 0.0587. The fourth-order valence-corrected chi connectivity index (χ4v) is 1.60. The quantitative estimate of drug-likeness (QED) is 0.798. The van der Waals surface area contributed by atoms with Gasteiger partial charge in [-0.15, -0.1) is 0 Å². The zero-order chi connectivity index (χ0) is 12.5. The molecule has 0 saturated carbocycles. The number of nitrogens with zero attached hydrogens (tertiary/aromatic N) is 3. The lowest BCUT2D eigenvalue weighted by Crippen LogP contribution is -2.35. The Morgan fingerprint density at radius 2 is 2.12 bits per heavy atom. The van der Waals surface area contributed by atoms with Gasteiger partial charge < -0.3 is 4.74 Å². The predicted molar refractivity (Wildman–Crippen MR) is 65.5 cm³/mol. The molecule has 16 heavy (non-hydrogen) atoms. The van der Waals surface area contributed by atoms with Crippen molar-refractivity contribution in [1.29, 1.82) is 0 Å². The number of hydrogen-bond donors (Lipinski definition) is 0. The lowest BCUT2D eigenvalue weighted by Gasteiger charge is -2.24. The maximum absolute atomic E-state index is 11.8. The van der Waals surface area contributed by atoms with E-state index in [1.807, 2.05) is 20.8 Å². The summed E-state index contributed by atoms with van der Waals surface area (Å²) in [6.45, 7) is 5.49. The first-order valence-corrected chi connectivity index (χ1v) is 5.66. The van der Waals surface area contributed by atoms with Crippen LogP contribution in [0.2, 0.25) is 0 Å². The number of rotatable bonds is 1. The molecule has 0 N–H and O–H groups in total. The second kappa shape index (κ2) is 4.45. The summed E-state index contributed by atoms with van der Waals surface area (Å²) < 4.78 is 7.53. The van der Waals surface area contributed by atoms with Gasteiger partial charge in [0.1, 0.15) is 16.0 Å². The summed E-state index contributed by atoms with van der Waals surface area (Å²) in [5, 5.41) is 4.09. The number of halogens is 1. The monoisotopic (exact) mass is 289 g/mol. The minimum Gasteiger partial charge on any atom is -0.443 e. The lowest BCUT2D eigenvalue weighted by atomic mass is 10.2. The van der Waals surface area contributed by atoms with Crippen LogP contribution in [0.3, 0.4) is 0 Å². The number of ether oxygens (including phenoxy) is 1. The molecule has 0 fully saturated rings. The zero-order valence-electron chi connectivity index (χ0n) is 10.1. The molecule has 0 aromatic carbocycles. The van der Waals surface area contributed by atoms with Crippen LogP contribution in [-0.4, -0.2) is 28.5 Å². The Morgan fingerprint density at radius 1 is 1.56 bits per heavy atom. The fourth-order valence-electron chi connectivity index (χ4n) is 1.16. The molecule has 0 unspecified atom stereocenters. The molecule has 90 valence electrons. The zero-order valence-corrected chi connectivity index (χ0v) is 11.7. The van der Waals surface area contributed by atoms with Crippen LogP contribution in [0.15, 0.2) is 10.7 Å². The second-order valence-corrected chi connectivity index (χ2v) is 5.30. The normalized spacial score (nSPS) is 11.4. The highest BCUT2D eigenvalue weighted by molar-refractivity contribution is 9.10. The average Bonchev–Trinajstić information content (AvgIpc) is 2.41. The molecule has 0 atom stereocenters. The van der Waals surface area contributed by atoms with Crippen molar-refractivity contribution in [2.45, 2.75) is 26.4 Å². The number of aromatic nitrogens is 2. The van der Waals surface area contributed by atoms with Crippen molar-refractivity contribution in [2.75, 3.05) is 11.9 Å². The van der Waals surface area contributed by atoms with Crippen molar-refractivity contribution in [1.82, 2.24) is 9.78 Å². The Hall–Kier alpha value is -1.04. The van der Waals surface area contributed by atoms with E-state index in [4.69, 9.17) is 4.74 Å². The number of hydrogen-bond acceptors (Lipinski definition) is 3. The Balaban J connectivity index is 2.82. The summed E-state index contributed by atoms with van der Waals surface area (Å²) in [5.74, 6) is 0.668. The molecule has 1 rings (SSSR count). The standard InChI is InChI=1S/C10H16BrN3O2/c1-10(2,3)16-9(15)13(4)8-6-7(11)12-14(8)5/h6H,1-5H3. The molecule has 0 saturated heterocycles. The first-order chi connectivity index (χ1) is 7.20. The molecule has 1 heterocycles. The van der Waals surface area contributed by atoms with Crippen LogP contribution in [0.1, 0.15) is 20.8 Å². The van der Waals surface area contributed by atoms with Crippen LogP contribution in [0.4, 0.5) is 10.6 Å². The van der Waals surface area contributed by atoms with E-state index in [2.05, 4.69) is 21.0 Å². The van der Waals surface area contributed by atoms with Gasteiger partial charge in [-0.05, 0) is 36.7 Å². The molecule has 0 aliphatic carbocycles. The van der Waals surface area contributed by atoms with Gasteiger partial charge in [0, 0.05) is 20.2 Å². The smallest absolute Gasteiger partial charge is 0.415 e. The third kappa shape index (κ3) is 3.23. The van der Waals surface area contributed by atoms with Crippen molar-refractivity contribution in [3.05, 3.63) is 10.7 Å². The number of amides is 1. The van der Waals surface area contributed by atoms with E-state index in [0.717, 1.165) is 0 Å². The van der Waals surface area contributed by atoms with Gasteiger partial charge >= 0.3 is 6.09 Å². The Kier molecular flexibility index (Phi) is 3.62. The van der Waals surface area contributed by atoms with E-state index in [0.29, 0.717) is 10.4 Å². The summed E-state index contributed by atoms with van der Waals surface area (Å²) in [6.07, 6.45) is -0.400. The highest BCUT2D eigenvalue weighted by atomic mass is 79.9. The van der Waals surface area contributed by atoms with E-state index in [-0.39, 0.29) is 0 Å². The molecule has 0 radical (unpaired) electrons. The van der Waals surface area contributed by atoms with Gasteiger partial charge in [0.25, 0.3) is 0 Å². The predicted octanol–water partition coefficient (Wildman–Crippen LogP) is 2.55. The Bertz CT molecular complexity index is 395. The molecule has 5 nitrogen and oxygen atoms in total. The van der Waals surface area contributed by atoms with Gasteiger partial charge in [-0.3, -0.25) is 9.58 Å². The highest BCUT2D eigenvalue weighted by Crippen LogP contribution is 2.19.